The van der Waals surface area contributed by atoms with Crippen molar-refractivity contribution in [2.45, 2.75) is 0 Å². The molecular weight excluding hydrogens is 370 g/mol. The second kappa shape index (κ2) is 3.70. The number of hydrogen-bond acceptors (Lipinski definition) is 1. The first-order valence-electron chi connectivity index (χ1n) is 2.71. The third-order valence-electron chi connectivity index (χ3n) is 1.11. The van der Waals surface area contributed by atoms with E-state index >= 15 is 0 Å². The summed E-state index contributed by atoms with van der Waals surface area (Å²) in [6.45, 7) is 0. The first-order chi connectivity index (χ1) is 5.13. The van der Waals surface area contributed by atoms with E-state index in [9.17, 15) is 4.79 Å². The van der Waals surface area contributed by atoms with Crippen molar-refractivity contribution in [2.24, 2.45) is 0 Å². The van der Waals surface area contributed by atoms with E-state index in [2.05, 4.69) is 6.07 Å². The van der Waals surface area contributed by atoms with Crippen LogP contribution in [0.2, 0.25) is 0 Å². The fourth-order valence-electron chi connectivity index (χ4n) is 0.651. The summed E-state index contributed by atoms with van der Waals surface area (Å²) in [7, 11) is 0. The fourth-order valence-corrected chi connectivity index (χ4v) is 2.57. The molecule has 1 aromatic rings. The molecule has 0 aliphatic rings. The predicted molar refractivity (Wildman–Crippen MR) is 57.7 cm³/mol. The van der Waals surface area contributed by atoms with Gasteiger partial charge in [0.25, 0.3) is 0 Å². The van der Waals surface area contributed by atoms with Gasteiger partial charge in [0.15, 0.2) is 0 Å². The van der Waals surface area contributed by atoms with E-state index in [4.69, 9.17) is 5.11 Å². The molecule has 4 heteroatoms. The second-order valence-electron chi connectivity index (χ2n) is 1.83. The van der Waals surface area contributed by atoms with Gasteiger partial charge < -0.3 is 5.11 Å². The van der Waals surface area contributed by atoms with Gasteiger partial charge in [-0.2, -0.15) is 0 Å². The monoisotopic (exact) mass is 373 g/mol. The second-order valence-corrected chi connectivity index (χ2v) is 4.16. The number of carbonyl (C=O) groups is 1. The SMILES string of the molecule is O=C(O)c1c(I)c[c]cc1I. The van der Waals surface area contributed by atoms with Crippen LogP contribution in [0, 0.1) is 13.2 Å². The van der Waals surface area contributed by atoms with E-state index in [1.807, 2.05) is 45.2 Å². The first-order valence-corrected chi connectivity index (χ1v) is 4.87. The lowest BCUT2D eigenvalue weighted by molar-refractivity contribution is 0.0694. The van der Waals surface area contributed by atoms with Gasteiger partial charge in [-0.1, -0.05) is 0 Å². The van der Waals surface area contributed by atoms with Crippen molar-refractivity contribution in [3.63, 3.8) is 0 Å². The Hall–Kier alpha value is 0.150. The summed E-state index contributed by atoms with van der Waals surface area (Å²) in [4.78, 5) is 10.6. The third kappa shape index (κ3) is 2.05. The summed E-state index contributed by atoms with van der Waals surface area (Å²) in [5.74, 6) is -0.882. The zero-order valence-corrected chi connectivity index (χ0v) is 9.58. The normalized spacial score (nSPS) is 9.64. The van der Waals surface area contributed by atoms with Crippen LogP contribution in [0.1, 0.15) is 10.4 Å². The zero-order chi connectivity index (χ0) is 8.43. The van der Waals surface area contributed by atoms with Gasteiger partial charge in [-0.15, -0.1) is 0 Å². The molecule has 0 bridgehead atoms. The largest absolute Gasteiger partial charge is 0.478 e. The van der Waals surface area contributed by atoms with Crippen molar-refractivity contribution >= 4 is 51.2 Å². The lowest BCUT2D eigenvalue weighted by Gasteiger charge is -1.99. The van der Waals surface area contributed by atoms with Gasteiger partial charge in [-0.05, 0) is 63.4 Å². The maximum absolute atomic E-state index is 10.6. The standard InChI is InChI=1S/C7H3I2O2/c8-4-2-1-3-5(9)6(4)7(10)11/h2-3H,(H,10,11). The number of rotatable bonds is 1. The average Bonchev–Trinajstić information content (AvgIpc) is 1.85. The molecule has 0 aliphatic carbocycles. The fraction of sp³-hybridized carbons (Fsp3) is 0. The van der Waals surface area contributed by atoms with Gasteiger partial charge in [0.2, 0.25) is 0 Å². The molecule has 0 fully saturated rings. The molecule has 0 unspecified atom stereocenters. The van der Waals surface area contributed by atoms with E-state index in [0.29, 0.717) is 5.56 Å². The molecule has 0 amide bonds. The topological polar surface area (TPSA) is 37.3 Å². The highest BCUT2D eigenvalue weighted by molar-refractivity contribution is 14.1. The molecule has 57 valence electrons. The van der Waals surface area contributed by atoms with Crippen LogP contribution >= 0.6 is 45.2 Å². The maximum Gasteiger partial charge on any atom is 0.337 e. The summed E-state index contributed by atoms with van der Waals surface area (Å²) < 4.78 is 1.45. The Bertz CT molecular complexity index is 276. The molecule has 0 heterocycles. The number of halogens is 2. The van der Waals surface area contributed by atoms with Gasteiger partial charge in [0, 0.05) is 7.14 Å². The lowest BCUT2D eigenvalue weighted by Crippen LogP contribution is -2.02. The molecule has 0 spiro atoms. The highest BCUT2D eigenvalue weighted by atomic mass is 127. The van der Waals surface area contributed by atoms with E-state index in [1.54, 1.807) is 12.1 Å². The summed E-state index contributed by atoms with van der Waals surface area (Å²) >= 11 is 3.97. The van der Waals surface area contributed by atoms with Crippen molar-refractivity contribution < 1.29 is 9.90 Å². The van der Waals surface area contributed by atoms with Crippen molar-refractivity contribution in [1.29, 1.82) is 0 Å². The number of carboxylic acids is 1. The number of benzene rings is 1. The minimum absolute atomic E-state index is 0.366. The van der Waals surface area contributed by atoms with Crippen LogP contribution in [0.4, 0.5) is 0 Å². The van der Waals surface area contributed by atoms with Crippen LogP contribution in [0.3, 0.4) is 0 Å². The molecule has 0 aliphatic heterocycles. The lowest BCUT2D eigenvalue weighted by atomic mass is 10.2. The van der Waals surface area contributed by atoms with Crippen LogP contribution in [-0.2, 0) is 0 Å². The Morgan fingerprint density at radius 3 is 2.09 bits per heavy atom. The maximum atomic E-state index is 10.6. The minimum Gasteiger partial charge on any atom is -0.478 e. The van der Waals surface area contributed by atoms with E-state index in [1.165, 1.54) is 0 Å². The van der Waals surface area contributed by atoms with Crippen molar-refractivity contribution in [1.82, 2.24) is 0 Å². The van der Waals surface area contributed by atoms with Crippen LogP contribution in [0.15, 0.2) is 12.1 Å². The quantitative estimate of drug-likeness (QED) is 0.768. The molecule has 11 heavy (non-hydrogen) atoms. The predicted octanol–water partition coefficient (Wildman–Crippen LogP) is 2.39. The molecule has 0 saturated heterocycles. The smallest absolute Gasteiger partial charge is 0.337 e. The van der Waals surface area contributed by atoms with Crippen LogP contribution in [0.25, 0.3) is 0 Å². The Morgan fingerprint density at radius 2 is 1.82 bits per heavy atom. The van der Waals surface area contributed by atoms with Crippen molar-refractivity contribution in [3.05, 3.63) is 30.9 Å². The average molecular weight is 373 g/mol. The summed E-state index contributed by atoms with van der Waals surface area (Å²) in [5, 5.41) is 8.72. The highest BCUT2D eigenvalue weighted by Gasteiger charge is 2.10. The molecule has 0 atom stereocenters. The molecule has 1 N–H and O–H groups in total. The number of hydrogen-bond donors (Lipinski definition) is 1. The minimum atomic E-state index is -0.882. The molecule has 2 nitrogen and oxygen atoms in total. The van der Waals surface area contributed by atoms with Crippen LogP contribution in [-0.4, -0.2) is 11.1 Å². The Kier molecular flexibility index (Phi) is 3.11. The van der Waals surface area contributed by atoms with Gasteiger partial charge >= 0.3 is 5.97 Å². The van der Waals surface area contributed by atoms with E-state index < -0.39 is 5.97 Å². The van der Waals surface area contributed by atoms with Gasteiger partial charge in [0.05, 0.1) is 5.56 Å². The third-order valence-corrected chi connectivity index (χ3v) is 2.81. The summed E-state index contributed by atoms with van der Waals surface area (Å²) in [6.07, 6.45) is 0. The molecule has 1 radical (unpaired) electrons. The Morgan fingerprint density at radius 1 is 1.36 bits per heavy atom. The van der Waals surface area contributed by atoms with Crippen molar-refractivity contribution in [2.75, 3.05) is 0 Å². The van der Waals surface area contributed by atoms with Crippen molar-refractivity contribution in [3.8, 4) is 0 Å². The molecular formula is C7H3I2O2. The molecule has 1 rings (SSSR count). The zero-order valence-electron chi connectivity index (χ0n) is 5.27. The Labute approximate surface area is 91.3 Å². The van der Waals surface area contributed by atoms with Gasteiger partial charge in [0.1, 0.15) is 0 Å². The highest BCUT2D eigenvalue weighted by Crippen LogP contribution is 2.17. The van der Waals surface area contributed by atoms with Crippen LogP contribution in [0.5, 0.6) is 0 Å². The number of aromatic carboxylic acids is 1. The first kappa shape index (κ1) is 9.24. The van der Waals surface area contributed by atoms with Gasteiger partial charge in [-0.25, -0.2) is 4.79 Å². The summed E-state index contributed by atoms with van der Waals surface area (Å²) in [6, 6.07) is 6.16. The number of carboxylic acid groups (broad SMARTS) is 1. The Balaban J connectivity index is 3.32. The van der Waals surface area contributed by atoms with E-state index in [0.717, 1.165) is 7.14 Å². The van der Waals surface area contributed by atoms with E-state index in [-0.39, 0.29) is 0 Å². The van der Waals surface area contributed by atoms with Gasteiger partial charge in [-0.3, -0.25) is 0 Å². The summed E-state index contributed by atoms with van der Waals surface area (Å²) in [5.41, 5.74) is 0.366. The molecule has 0 saturated carbocycles. The van der Waals surface area contributed by atoms with Crippen LogP contribution < -0.4 is 0 Å². The molecule has 1 aromatic carbocycles. The molecule has 0 aromatic heterocycles.